The zero-order chi connectivity index (χ0) is 8.39. The fourth-order valence-electron chi connectivity index (χ4n) is 2.85. The molecule has 1 heteroatoms. The summed E-state index contributed by atoms with van der Waals surface area (Å²) in [7, 11) is 0. The highest BCUT2D eigenvalue weighted by molar-refractivity contribution is 4.81. The van der Waals surface area contributed by atoms with E-state index in [0.717, 1.165) is 12.0 Å². The molecule has 2 fully saturated rings. The maximum atomic E-state index is 2.74. The van der Waals surface area contributed by atoms with E-state index < -0.39 is 0 Å². The summed E-state index contributed by atoms with van der Waals surface area (Å²) >= 11 is 0. The van der Waals surface area contributed by atoms with Gasteiger partial charge in [-0.25, -0.2) is 0 Å². The molecule has 2 rings (SSSR count). The van der Waals surface area contributed by atoms with Crippen LogP contribution in [-0.4, -0.2) is 24.0 Å². The predicted octanol–water partition coefficient (Wildman–Crippen LogP) is 2.66. The van der Waals surface area contributed by atoms with Crippen molar-refractivity contribution in [2.24, 2.45) is 5.92 Å². The molecule has 12 heavy (non-hydrogen) atoms. The highest BCUT2D eigenvalue weighted by Gasteiger charge is 2.25. The molecule has 0 spiro atoms. The van der Waals surface area contributed by atoms with Crippen LogP contribution in [0.25, 0.3) is 0 Å². The Labute approximate surface area is 76.1 Å². The molecule has 0 N–H and O–H groups in total. The zero-order valence-corrected chi connectivity index (χ0v) is 8.26. The lowest BCUT2D eigenvalue weighted by atomic mass is 9.94. The van der Waals surface area contributed by atoms with Crippen LogP contribution in [0, 0.1) is 5.92 Å². The van der Waals surface area contributed by atoms with Gasteiger partial charge in [0.2, 0.25) is 0 Å². The maximum Gasteiger partial charge on any atom is 0.00978 e. The fraction of sp³-hybridized carbons (Fsp3) is 1.00. The molecule has 0 aromatic heterocycles. The molecule has 1 nitrogen and oxygen atoms in total. The second-order valence-corrected chi connectivity index (χ2v) is 4.67. The predicted molar refractivity (Wildman–Crippen MR) is 52.2 cm³/mol. The van der Waals surface area contributed by atoms with Crippen LogP contribution in [0.3, 0.4) is 0 Å². The van der Waals surface area contributed by atoms with Crippen molar-refractivity contribution in [2.45, 2.75) is 51.5 Å². The Balaban J connectivity index is 1.96. The van der Waals surface area contributed by atoms with Crippen molar-refractivity contribution in [3.05, 3.63) is 0 Å². The van der Waals surface area contributed by atoms with Gasteiger partial charge < -0.3 is 4.90 Å². The van der Waals surface area contributed by atoms with Crippen LogP contribution in [0.15, 0.2) is 0 Å². The van der Waals surface area contributed by atoms with Crippen LogP contribution >= 0.6 is 0 Å². The summed E-state index contributed by atoms with van der Waals surface area (Å²) < 4.78 is 0. The summed E-state index contributed by atoms with van der Waals surface area (Å²) in [5, 5.41) is 0. The van der Waals surface area contributed by atoms with Gasteiger partial charge in [0.15, 0.2) is 0 Å². The third-order valence-electron chi connectivity index (χ3n) is 3.57. The minimum absolute atomic E-state index is 0.955. The normalized spacial score (nSPS) is 38.8. The van der Waals surface area contributed by atoms with Gasteiger partial charge in [0.25, 0.3) is 0 Å². The summed E-state index contributed by atoms with van der Waals surface area (Å²) in [6.45, 7) is 5.20. The van der Waals surface area contributed by atoms with Gasteiger partial charge in [-0.1, -0.05) is 13.3 Å². The lowest BCUT2D eigenvalue weighted by molar-refractivity contribution is 0.146. The minimum atomic E-state index is 0.955. The Bertz CT molecular complexity index is 144. The number of nitrogens with zero attached hydrogens (tertiary/aromatic N) is 1. The Morgan fingerprint density at radius 2 is 1.83 bits per heavy atom. The number of rotatable bonds is 0. The highest BCUT2D eigenvalue weighted by atomic mass is 15.2. The lowest BCUT2D eigenvalue weighted by Crippen LogP contribution is -2.39. The third-order valence-corrected chi connectivity index (χ3v) is 3.57. The Morgan fingerprint density at radius 3 is 2.75 bits per heavy atom. The SMILES string of the molecule is CC1CCCN2CCCCC2C1. The monoisotopic (exact) mass is 167 g/mol. The van der Waals surface area contributed by atoms with E-state index in [1.807, 2.05) is 0 Å². The number of hydrogen-bond acceptors (Lipinski definition) is 1. The molecular weight excluding hydrogens is 146 g/mol. The second-order valence-electron chi connectivity index (χ2n) is 4.67. The topological polar surface area (TPSA) is 3.24 Å². The number of piperidine rings is 1. The summed E-state index contributed by atoms with van der Waals surface area (Å²) in [5.74, 6) is 0.984. The van der Waals surface area contributed by atoms with Crippen molar-refractivity contribution in [3.63, 3.8) is 0 Å². The second kappa shape index (κ2) is 3.78. The van der Waals surface area contributed by atoms with Gasteiger partial charge in [-0.15, -0.1) is 0 Å². The van der Waals surface area contributed by atoms with Crippen molar-refractivity contribution in [1.29, 1.82) is 0 Å². The molecule has 0 aromatic carbocycles. The molecule has 0 amide bonds. The zero-order valence-electron chi connectivity index (χ0n) is 8.26. The van der Waals surface area contributed by atoms with Crippen LogP contribution in [0.4, 0.5) is 0 Å². The molecule has 0 saturated carbocycles. The van der Waals surface area contributed by atoms with Crippen LogP contribution in [-0.2, 0) is 0 Å². The van der Waals surface area contributed by atoms with E-state index in [4.69, 9.17) is 0 Å². The first-order valence-corrected chi connectivity index (χ1v) is 5.60. The lowest BCUT2D eigenvalue weighted by Gasteiger charge is -2.34. The van der Waals surface area contributed by atoms with E-state index in [2.05, 4.69) is 11.8 Å². The first kappa shape index (κ1) is 8.55. The average Bonchev–Trinajstić information content (AvgIpc) is 2.25. The van der Waals surface area contributed by atoms with E-state index in [0.29, 0.717) is 0 Å². The van der Waals surface area contributed by atoms with E-state index in [1.54, 1.807) is 0 Å². The van der Waals surface area contributed by atoms with Crippen LogP contribution in [0.5, 0.6) is 0 Å². The van der Waals surface area contributed by atoms with Crippen molar-refractivity contribution in [2.75, 3.05) is 13.1 Å². The first-order valence-electron chi connectivity index (χ1n) is 5.60. The minimum Gasteiger partial charge on any atom is -0.300 e. The molecule has 2 heterocycles. The van der Waals surface area contributed by atoms with Gasteiger partial charge in [0.1, 0.15) is 0 Å². The van der Waals surface area contributed by atoms with Gasteiger partial charge in [-0.05, 0) is 51.1 Å². The summed E-state index contributed by atoms with van der Waals surface area (Å²) in [6, 6.07) is 0.955. The molecule has 2 unspecified atom stereocenters. The van der Waals surface area contributed by atoms with Crippen molar-refractivity contribution < 1.29 is 0 Å². The van der Waals surface area contributed by atoms with Gasteiger partial charge in [-0.2, -0.15) is 0 Å². The molecule has 70 valence electrons. The Kier molecular flexibility index (Phi) is 2.69. The van der Waals surface area contributed by atoms with Gasteiger partial charge in [0, 0.05) is 6.04 Å². The van der Waals surface area contributed by atoms with Crippen molar-refractivity contribution >= 4 is 0 Å². The average molecular weight is 167 g/mol. The summed E-state index contributed by atoms with van der Waals surface area (Å²) in [4.78, 5) is 2.74. The molecule has 0 aromatic rings. The van der Waals surface area contributed by atoms with Crippen molar-refractivity contribution in [3.8, 4) is 0 Å². The molecule has 2 aliphatic rings. The first-order chi connectivity index (χ1) is 5.86. The molecule has 2 atom stereocenters. The van der Waals surface area contributed by atoms with E-state index >= 15 is 0 Å². The molecule has 0 bridgehead atoms. The molecular formula is C11H21N. The van der Waals surface area contributed by atoms with Gasteiger partial charge in [0.05, 0.1) is 0 Å². The number of fused-ring (bicyclic) bond motifs is 1. The third kappa shape index (κ3) is 1.82. The molecule has 2 saturated heterocycles. The van der Waals surface area contributed by atoms with Gasteiger partial charge >= 0.3 is 0 Å². The van der Waals surface area contributed by atoms with Crippen LogP contribution in [0.2, 0.25) is 0 Å². The van der Waals surface area contributed by atoms with E-state index in [9.17, 15) is 0 Å². The van der Waals surface area contributed by atoms with Crippen LogP contribution < -0.4 is 0 Å². The van der Waals surface area contributed by atoms with Gasteiger partial charge in [-0.3, -0.25) is 0 Å². The van der Waals surface area contributed by atoms with Crippen molar-refractivity contribution in [1.82, 2.24) is 4.90 Å². The van der Waals surface area contributed by atoms with E-state index in [-0.39, 0.29) is 0 Å². The molecule has 0 aliphatic carbocycles. The van der Waals surface area contributed by atoms with E-state index in [1.165, 1.54) is 51.6 Å². The molecule has 2 aliphatic heterocycles. The largest absolute Gasteiger partial charge is 0.300 e. The van der Waals surface area contributed by atoms with Crippen LogP contribution in [0.1, 0.15) is 45.4 Å². The highest BCUT2D eigenvalue weighted by Crippen LogP contribution is 2.28. The maximum absolute atomic E-state index is 2.74. The summed E-state index contributed by atoms with van der Waals surface area (Å²) in [5.41, 5.74) is 0. The Morgan fingerprint density at radius 1 is 1.00 bits per heavy atom. The fourth-order valence-corrected chi connectivity index (χ4v) is 2.85. The standard InChI is InChI=1S/C11H21N/c1-10-5-4-8-12-7-3-2-6-11(12)9-10/h10-11H,2-9H2,1H3. The summed E-state index contributed by atoms with van der Waals surface area (Å²) in [6.07, 6.45) is 8.79. The number of hydrogen-bond donors (Lipinski definition) is 0. The quantitative estimate of drug-likeness (QED) is 0.536. The Hall–Kier alpha value is -0.0400. The molecule has 0 radical (unpaired) electrons. The smallest absolute Gasteiger partial charge is 0.00978 e.